The molecule has 3 aromatic heterocycles. The van der Waals surface area contributed by atoms with Gasteiger partial charge in [0.15, 0.2) is 0 Å². The largest absolute Gasteiger partial charge is 0.383 e. The van der Waals surface area contributed by atoms with Gasteiger partial charge in [-0.2, -0.15) is 0 Å². The van der Waals surface area contributed by atoms with Crippen molar-refractivity contribution in [3.63, 3.8) is 0 Å². The number of benzene rings is 1. The molecule has 0 aliphatic heterocycles. The maximum Gasteiger partial charge on any atom is 0.223 e. The number of nitrogens with zero attached hydrogens (tertiary/aromatic N) is 3. The van der Waals surface area contributed by atoms with Crippen LogP contribution in [0.2, 0.25) is 0 Å². The molecular weight excluding hydrogens is 350 g/mol. The number of aromatic nitrogens is 4. The van der Waals surface area contributed by atoms with Crippen LogP contribution in [0.1, 0.15) is 25.7 Å². The van der Waals surface area contributed by atoms with E-state index in [9.17, 15) is 0 Å². The number of nitrogens with one attached hydrogen (secondary N) is 2. The molecule has 1 aliphatic carbocycles. The van der Waals surface area contributed by atoms with Gasteiger partial charge in [-0.15, -0.1) is 0 Å². The van der Waals surface area contributed by atoms with Crippen molar-refractivity contribution in [1.82, 2.24) is 19.9 Å². The molecule has 2 atom stereocenters. The van der Waals surface area contributed by atoms with Crippen LogP contribution in [-0.4, -0.2) is 32.0 Å². The van der Waals surface area contributed by atoms with Crippen molar-refractivity contribution in [2.75, 3.05) is 11.1 Å². The van der Waals surface area contributed by atoms with E-state index in [1.165, 1.54) is 12.8 Å². The van der Waals surface area contributed by atoms with Crippen molar-refractivity contribution in [2.24, 2.45) is 5.73 Å². The molecule has 0 amide bonds. The normalized spacial score (nSPS) is 19.9. The van der Waals surface area contributed by atoms with Gasteiger partial charge in [0.2, 0.25) is 5.95 Å². The van der Waals surface area contributed by atoms with E-state index in [0.717, 1.165) is 45.8 Å². The molecule has 1 aromatic carbocycles. The summed E-state index contributed by atoms with van der Waals surface area (Å²) in [7, 11) is 0. The molecule has 28 heavy (non-hydrogen) atoms. The summed E-state index contributed by atoms with van der Waals surface area (Å²) < 4.78 is 0. The third kappa shape index (κ3) is 2.84. The van der Waals surface area contributed by atoms with E-state index < -0.39 is 0 Å². The van der Waals surface area contributed by atoms with Crippen LogP contribution in [0.25, 0.3) is 32.9 Å². The summed E-state index contributed by atoms with van der Waals surface area (Å²) in [5.41, 5.74) is 16.2. The van der Waals surface area contributed by atoms with E-state index in [1.807, 2.05) is 18.3 Å². The summed E-state index contributed by atoms with van der Waals surface area (Å²) in [5, 5.41) is 5.31. The van der Waals surface area contributed by atoms with E-state index >= 15 is 0 Å². The van der Waals surface area contributed by atoms with Crippen LogP contribution >= 0.6 is 0 Å². The third-order valence-electron chi connectivity index (χ3n) is 5.67. The molecule has 0 radical (unpaired) electrons. The summed E-state index contributed by atoms with van der Waals surface area (Å²) >= 11 is 0. The molecule has 4 aromatic rings. The lowest BCUT2D eigenvalue weighted by Gasteiger charge is -2.29. The smallest absolute Gasteiger partial charge is 0.223 e. The number of pyridine rings is 1. The number of nitrogen functional groups attached to an aromatic ring is 1. The Morgan fingerprint density at radius 3 is 2.75 bits per heavy atom. The van der Waals surface area contributed by atoms with Gasteiger partial charge in [0.25, 0.3) is 0 Å². The van der Waals surface area contributed by atoms with E-state index in [1.54, 1.807) is 12.4 Å². The van der Waals surface area contributed by atoms with Gasteiger partial charge in [-0.3, -0.25) is 0 Å². The summed E-state index contributed by atoms with van der Waals surface area (Å²) in [6, 6.07) is 8.51. The van der Waals surface area contributed by atoms with Gasteiger partial charge in [0.1, 0.15) is 5.82 Å². The molecule has 5 rings (SSSR count). The molecule has 1 fully saturated rings. The highest BCUT2D eigenvalue weighted by atomic mass is 15.1. The molecule has 142 valence electrons. The van der Waals surface area contributed by atoms with E-state index in [2.05, 4.69) is 32.4 Å². The molecule has 6 N–H and O–H groups in total. The summed E-state index contributed by atoms with van der Waals surface area (Å²) in [6.45, 7) is 0. The molecule has 7 heteroatoms. The Labute approximate surface area is 162 Å². The molecule has 3 heterocycles. The summed E-state index contributed by atoms with van der Waals surface area (Å²) in [5.74, 6) is 1.01. The molecule has 1 aliphatic rings. The predicted octanol–water partition coefficient (Wildman–Crippen LogP) is 3.44. The zero-order chi connectivity index (χ0) is 19.1. The maximum absolute atomic E-state index is 6.28. The Morgan fingerprint density at radius 2 is 1.86 bits per heavy atom. The highest BCUT2D eigenvalue weighted by Crippen LogP contribution is 2.34. The zero-order valence-electron chi connectivity index (χ0n) is 15.5. The predicted molar refractivity (Wildman–Crippen MR) is 113 cm³/mol. The lowest BCUT2D eigenvalue weighted by molar-refractivity contribution is 0.402. The highest BCUT2D eigenvalue weighted by Gasteiger charge is 2.23. The molecule has 7 nitrogen and oxygen atoms in total. The number of hydrogen-bond donors (Lipinski definition) is 4. The van der Waals surface area contributed by atoms with E-state index in [-0.39, 0.29) is 12.1 Å². The van der Waals surface area contributed by atoms with Crippen LogP contribution in [0.15, 0.2) is 42.9 Å². The average Bonchev–Trinajstić information content (AvgIpc) is 3.14. The fourth-order valence-corrected chi connectivity index (χ4v) is 4.10. The number of hydrogen-bond acceptors (Lipinski definition) is 6. The first-order chi connectivity index (χ1) is 13.7. The van der Waals surface area contributed by atoms with Crippen molar-refractivity contribution in [1.29, 1.82) is 0 Å². The number of fused-ring (bicyclic) bond motifs is 2. The Balaban J connectivity index is 1.62. The van der Waals surface area contributed by atoms with Crippen LogP contribution in [-0.2, 0) is 0 Å². The third-order valence-corrected chi connectivity index (χ3v) is 5.67. The molecule has 0 saturated heterocycles. The van der Waals surface area contributed by atoms with Crippen LogP contribution in [0.3, 0.4) is 0 Å². The SMILES string of the molecule is Nc1ncc(-c2c[nH]c3ccccc23)c2nc(NC3CCCCC3N)ncc12. The monoisotopic (exact) mass is 373 g/mol. The van der Waals surface area contributed by atoms with Gasteiger partial charge in [0, 0.05) is 52.7 Å². The quantitative estimate of drug-likeness (QED) is 0.437. The van der Waals surface area contributed by atoms with Crippen LogP contribution < -0.4 is 16.8 Å². The minimum Gasteiger partial charge on any atom is -0.383 e. The second kappa shape index (κ2) is 6.76. The fourth-order valence-electron chi connectivity index (χ4n) is 4.10. The van der Waals surface area contributed by atoms with Gasteiger partial charge in [-0.05, 0) is 18.9 Å². The van der Waals surface area contributed by atoms with Gasteiger partial charge in [-0.25, -0.2) is 15.0 Å². The first kappa shape index (κ1) is 16.9. The van der Waals surface area contributed by atoms with Crippen LogP contribution in [0.4, 0.5) is 11.8 Å². The van der Waals surface area contributed by atoms with Gasteiger partial charge in [0.05, 0.1) is 10.9 Å². The lowest BCUT2D eigenvalue weighted by atomic mass is 9.91. The number of rotatable bonds is 3. The maximum atomic E-state index is 6.28. The van der Waals surface area contributed by atoms with Gasteiger partial charge >= 0.3 is 0 Å². The highest BCUT2D eigenvalue weighted by molar-refractivity contribution is 6.05. The minimum atomic E-state index is 0.128. The lowest BCUT2D eigenvalue weighted by Crippen LogP contribution is -2.42. The molecule has 0 spiro atoms. The summed E-state index contributed by atoms with van der Waals surface area (Å²) in [4.78, 5) is 17.0. The van der Waals surface area contributed by atoms with Crippen molar-refractivity contribution in [3.05, 3.63) is 42.9 Å². The Morgan fingerprint density at radius 1 is 1.00 bits per heavy atom. The second-order valence-corrected chi connectivity index (χ2v) is 7.46. The number of aromatic amines is 1. The van der Waals surface area contributed by atoms with Crippen molar-refractivity contribution in [3.8, 4) is 11.1 Å². The van der Waals surface area contributed by atoms with E-state index in [0.29, 0.717) is 11.8 Å². The Hall–Kier alpha value is -3.19. The van der Waals surface area contributed by atoms with Crippen LogP contribution in [0.5, 0.6) is 0 Å². The Bertz CT molecular complexity index is 1150. The number of para-hydroxylation sites is 1. The van der Waals surface area contributed by atoms with Crippen LogP contribution in [0, 0.1) is 0 Å². The number of H-pyrrole nitrogens is 1. The van der Waals surface area contributed by atoms with Crippen molar-refractivity contribution in [2.45, 2.75) is 37.8 Å². The van der Waals surface area contributed by atoms with Crippen molar-refractivity contribution < 1.29 is 0 Å². The minimum absolute atomic E-state index is 0.128. The first-order valence-electron chi connectivity index (χ1n) is 9.70. The van der Waals surface area contributed by atoms with E-state index in [4.69, 9.17) is 16.5 Å². The number of anilines is 2. The zero-order valence-corrected chi connectivity index (χ0v) is 15.5. The molecule has 0 bridgehead atoms. The summed E-state index contributed by atoms with van der Waals surface area (Å²) in [6.07, 6.45) is 9.96. The first-order valence-corrected chi connectivity index (χ1v) is 9.70. The molecule has 1 saturated carbocycles. The van der Waals surface area contributed by atoms with Gasteiger partial charge in [-0.1, -0.05) is 31.0 Å². The van der Waals surface area contributed by atoms with Gasteiger partial charge < -0.3 is 21.8 Å². The molecular formula is C21H23N7. The average molecular weight is 373 g/mol. The van der Waals surface area contributed by atoms with Crippen molar-refractivity contribution >= 4 is 33.6 Å². The fraction of sp³-hybridized carbons (Fsp3) is 0.286. The standard InChI is InChI=1S/C21H23N7/c22-16-6-2-4-8-18(16)27-21-26-11-15-19(28-21)14(10-25-20(15)23)13-9-24-17-7-3-1-5-12(13)17/h1,3,5,7,9-11,16,18,24H,2,4,6,8,22H2,(H2,23,25)(H,26,27,28). The second-order valence-electron chi connectivity index (χ2n) is 7.46. The molecule has 2 unspecified atom stereocenters. The Kier molecular flexibility index (Phi) is 4.09. The topological polar surface area (TPSA) is 119 Å². The number of nitrogens with two attached hydrogens (primary N) is 2.